The summed E-state index contributed by atoms with van der Waals surface area (Å²) in [7, 11) is 0. The topological polar surface area (TPSA) is 111 Å². The lowest BCUT2D eigenvalue weighted by molar-refractivity contribution is -0.122. The first-order valence-corrected chi connectivity index (χ1v) is 10.6. The second-order valence-corrected chi connectivity index (χ2v) is 7.60. The van der Waals surface area contributed by atoms with Gasteiger partial charge in [-0.1, -0.05) is 0 Å². The number of hydrogen-bond acceptors (Lipinski definition) is 6. The number of hydrogen-bond donors (Lipinski definition) is 1. The minimum Gasteiger partial charge on any atom is -0.462 e. The van der Waals surface area contributed by atoms with Crippen LogP contribution < -0.4 is 10.2 Å². The van der Waals surface area contributed by atoms with E-state index in [1.807, 2.05) is 24.5 Å². The van der Waals surface area contributed by atoms with E-state index in [0.29, 0.717) is 17.7 Å². The standard InChI is InChI=1S/C25H22N4O5/c1-4-34-24(32)17-7-9-19(10-8-17)28-15(2)12-18(16(28)3)13-21-22(30)27-25(33)29(23(21)31)20-6-5-11-26-14-20/h5-14H,4H2,1-3H3,(H,27,30,33)/b21-13+. The molecule has 3 heterocycles. The van der Waals surface area contributed by atoms with Crippen molar-refractivity contribution in [1.82, 2.24) is 14.9 Å². The number of anilines is 1. The van der Waals surface area contributed by atoms with Gasteiger partial charge in [0, 0.05) is 23.3 Å². The molecular formula is C25H22N4O5. The van der Waals surface area contributed by atoms with E-state index < -0.39 is 23.8 Å². The highest BCUT2D eigenvalue weighted by Gasteiger charge is 2.37. The first kappa shape index (κ1) is 22.7. The summed E-state index contributed by atoms with van der Waals surface area (Å²) in [5.74, 6) is -1.89. The lowest BCUT2D eigenvalue weighted by Gasteiger charge is -2.26. The summed E-state index contributed by atoms with van der Waals surface area (Å²) in [5, 5.41) is 2.21. The minimum absolute atomic E-state index is 0.165. The monoisotopic (exact) mass is 458 g/mol. The molecule has 3 aromatic rings. The van der Waals surface area contributed by atoms with Gasteiger partial charge in [0.25, 0.3) is 11.8 Å². The lowest BCUT2D eigenvalue weighted by Crippen LogP contribution is -2.54. The van der Waals surface area contributed by atoms with Crippen LogP contribution in [0, 0.1) is 13.8 Å². The van der Waals surface area contributed by atoms with E-state index in [4.69, 9.17) is 4.74 Å². The number of pyridine rings is 1. The summed E-state index contributed by atoms with van der Waals surface area (Å²) in [4.78, 5) is 54.7. The van der Waals surface area contributed by atoms with Crippen molar-refractivity contribution in [1.29, 1.82) is 0 Å². The summed E-state index contributed by atoms with van der Waals surface area (Å²) in [6.07, 6.45) is 4.36. The van der Waals surface area contributed by atoms with Gasteiger partial charge in [0.05, 0.1) is 24.1 Å². The Morgan fingerprint density at radius 3 is 2.47 bits per heavy atom. The fraction of sp³-hybridized carbons (Fsp3) is 0.160. The fourth-order valence-electron chi connectivity index (χ4n) is 3.83. The molecule has 2 aromatic heterocycles. The van der Waals surface area contributed by atoms with Crippen LogP contribution in [-0.2, 0) is 14.3 Å². The van der Waals surface area contributed by atoms with E-state index in [9.17, 15) is 19.2 Å². The van der Waals surface area contributed by atoms with Gasteiger partial charge < -0.3 is 9.30 Å². The molecule has 0 saturated carbocycles. The molecule has 9 nitrogen and oxygen atoms in total. The molecule has 0 bridgehead atoms. The fourth-order valence-corrected chi connectivity index (χ4v) is 3.83. The largest absolute Gasteiger partial charge is 0.462 e. The molecular weight excluding hydrogens is 436 g/mol. The molecule has 4 amide bonds. The Kier molecular flexibility index (Phi) is 6.09. The number of nitrogens with one attached hydrogen (secondary N) is 1. The number of carbonyl (C=O) groups is 4. The number of imide groups is 2. The van der Waals surface area contributed by atoms with Gasteiger partial charge in [-0.3, -0.25) is 19.9 Å². The number of amides is 4. The van der Waals surface area contributed by atoms with Crippen LogP contribution in [0.1, 0.15) is 34.2 Å². The van der Waals surface area contributed by atoms with Gasteiger partial charge in [0.15, 0.2) is 0 Å². The Labute approximate surface area is 195 Å². The highest BCUT2D eigenvalue weighted by Crippen LogP contribution is 2.26. The molecule has 172 valence electrons. The summed E-state index contributed by atoms with van der Waals surface area (Å²) < 4.78 is 6.96. The molecule has 9 heteroatoms. The van der Waals surface area contributed by atoms with Crippen molar-refractivity contribution in [2.45, 2.75) is 20.8 Å². The number of benzene rings is 1. The van der Waals surface area contributed by atoms with Crippen molar-refractivity contribution in [2.75, 3.05) is 11.5 Å². The third kappa shape index (κ3) is 4.11. The number of nitrogens with zero attached hydrogens (tertiary/aromatic N) is 3. The van der Waals surface area contributed by atoms with Crippen LogP contribution in [0.4, 0.5) is 10.5 Å². The van der Waals surface area contributed by atoms with Crippen molar-refractivity contribution in [3.63, 3.8) is 0 Å². The third-order valence-electron chi connectivity index (χ3n) is 5.41. The average molecular weight is 458 g/mol. The van der Waals surface area contributed by atoms with E-state index in [1.54, 1.807) is 43.3 Å². The second kappa shape index (κ2) is 9.14. The van der Waals surface area contributed by atoms with Gasteiger partial charge in [-0.15, -0.1) is 0 Å². The number of rotatable bonds is 5. The summed E-state index contributed by atoms with van der Waals surface area (Å²) in [5.41, 5.74) is 3.62. The number of esters is 1. The maximum atomic E-state index is 13.1. The highest BCUT2D eigenvalue weighted by molar-refractivity contribution is 6.39. The van der Waals surface area contributed by atoms with Crippen molar-refractivity contribution in [3.8, 4) is 5.69 Å². The SMILES string of the molecule is CCOC(=O)c1ccc(-n2c(C)cc(/C=C3\C(=O)NC(=O)N(c4cccnc4)C3=O)c2C)cc1. The van der Waals surface area contributed by atoms with Crippen LogP contribution in [-0.4, -0.2) is 40.0 Å². The normalized spacial score (nSPS) is 15.0. The van der Waals surface area contributed by atoms with Crippen molar-refractivity contribution >= 4 is 35.6 Å². The Morgan fingerprint density at radius 2 is 1.82 bits per heavy atom. The van der Waals surface area contributed by atoms with Crippen LogP contribution in [0.5, 0.6) is 0 Å². The number of aryl methyl sites for hydroxylation is 1. The van der Waals surface area contributed by atoms with Crippen molar-refractivity contribution in [3.05, 3.63) is 82.9 Å². The highest BCUT2D eigenvalue weighted by atomic mass is 16.5. The van der Waals surface area contributed by atoms with Crippen LogP contribution in [0.15, 0.2) is 60.4 Å². The lowest BCUT2D eigenvalue weighted by atomic mass is 10.1. The first-order chi connectivity index (χ1) is 16.3. The van der Waals surface area contributed by atoms with Gasteiger partial charge in [0.2, 0.25) is 0 Å². The number of aromatic nitrogens is 2. The smallest absolute Gasteiger partial charge is 0.338 e. The van der Waals surface area contributed by atoms with E-state index in [2.05, 4.69) is 10.3 Å². The molecule has 1 fully saturated rings. The average Bonchev–Trinajstić information content (AvgIpc) is 3.10. The van der Waals surface area contributed by atoms with Crippen LogP contribution in [0.25, 0.3) is 11.8 Å². The predicted molar refractivity (Wildman–Crippen MR) is 124 cm³/mol. The predicted octanol–water partition coefficient (Wildman–Crippen LogP) is 3.33. The molecule has 0 radical (unpaired) electrons. The number of carbonyl (C=O) groups excluding carboxylic acids is 4. The number of barbiturate groups is 1. The van der Waals surface area contributed by atoms with Gasteiger partial charge in [-0.2, -0.15) is 0 Å². The zero-order valence-electron chi connectivity index (χ0n) is 18.9. The molecule has 4 rings (SSSR count). The number of urea groups is 1. The zero-order valence-corrected chi connectivity index (χ0v) is 18.9. The Morgan fingerprint density at radius 1 is 1.09 bits per heavy atom. The van der Waals surface area contributed by atoms with E-state index in [0.717, 1.165) is 22.0 Å². The van der Waals surface area contributed by atoms with Crippen molar-refractivity contribution in [2.24, 2.45) is 0 Å². The third-order valence-corrected chi connectivity index (χ3v) is 5.41. The Bertz CT molecular complexity index is 1320. The zero-order chi connectivity index (χ0) is 24.4. The van der Waals surface area contributed by atoms with Gasteiger partial charge in [-0.05, 0) is 74.9 Å². The first-order valence-electron chi connectivity index (χ1n) is 10.6. The molecule has 1 N–H and O–H groups in total. The maximum Gasteiger partial charge on any atom is 0.338 e. The molecule has 1 saturated heterocycles. The maximum absolute atomic E-state index is 13.1. The molecule has 0 spiro atoms. The molecule has 1 aliphatic heterocycles. The summed E-state index contributed by atoms with van der Waals surface area (Å²) in [6.45, 7) is 5.79. The van der Waals surface area contributed by atoms with Gasteiger partial charge in [-0.25, -0.2) is 14.5 Å². The van der Waals surface area contributed by atoms with E-state index in [1.165, 1.54) is 18.5 Å². The van der Waals surface area contributed by atoms with E-state index >= 15 is 0 Å². The number of ether oxygens (including phenoxy) is 1. The van der Waals surface area contributed by atoms with Crippen LogP contribution >= 0.6 is 0 Å². The molecule has 0 atom stereocenters. The molecule has 0 aliphatic carbocycles. The van der Waals surface area contributed by atoms with Gasteiger partial charge >= 0.3 is 12.0 Å². The molecule has 0 unspecified atom stereocenters. The van der Waals surface area contributed by atoms with Crippen LogP contribution in [0.2, 0.25) is 0 Å². The summed E-state index contributed by atoms with van der Waals surface area (Å²) >= 11 is 0. The van der Waals surface area contributed by atoms with Crippen LogP contribution in [0.3, 0.4) is 0 Å². The van der Waals surface area contributed by atoms with Gasteiger partial charge in [0.1, 0.15) is 5.57 Å². The molecule has 34 heavy (non-hydrogen) atoms. The Balaban J connectivity index is 1.69. The molecule has 1 aromatic carbocycles. The quantitative estimate of drug-likeness (QED) is 0.357. The second-order valence-electron chi connectivity index (χ2n) is 7.60. The Hall–Kier alpha value is -4.53. The minimum atomic E-state index is -0.827. The van der Waals surface area contributed by atoms with Crippen molar-refractivity contribution < 1.29 is 23.9 Å². The summed E-state index contributed by atoms with van der Waals surface area (Å²) in [6, 6.07) is 11.1. The van der Waals surface area contributed by atoms with E-state index in [-0.39, 0.29) is 11.3 Å². The molecule has 1 aliphatic rings.